The summed E-state index contributed by atoms with van der Waals surface area (Å²) in [5.41, 5.74) is 9.30. The molecule has 1 aliphatic heterocycles. The van der Waals surface area contributed by atoms with Crippen LogP contribution in [0.25, 0.3) is 5.57 Å². The summed E-state index contributed by atoms with van der Waals surface area (Å²) in [6, 6.07) is 8.76. The van der Waals surface area contributed by atoms with E-state index in [9.17, 15) is 0 Å². The lowest BCUT2D eigenvalue weighted by molar-refractivity contribution is 0.611. The second kappa shape index (κ2) is 6.10. The van der Waals surface area contributed by atoms with Crippen LogP contribution in [0.5, 0.6) is 0 Å². The third kappa shape index (κ3) is 2.71. The molecule has 1 aliphatic carbocycles. The van der Waals surface area contributed by atoms with Crippen LogP contribution in [0, 0.1) is 6.92 Å². The lowest BCUT2D eigenvalue weighted by atomic mass is 9.88. The maximum absolute atomic E-state index is 6.52. The Morgan fingerprint density at radius 2 is 1.87 bits per heavy atom. The summed E-state index contributed by atoms with van der Waals surface area (Å²) in [5.74, 6) is 0. The number of piperidine rings is 1. The highest BCUT2D eigenvalue weighted by Crippen LogP contribution is 2.39. The van der Waals surface area contributed by atoms with Crippen LogP contribution >= 0.6 is 11.6 Å². The standard InChI is InChI=1S/C20H21ClN2/c1-13-2-4-16-15(12-13)3-5-17-18(21)8-11-23-20(17)19(16)14-6-9-22-10-7-14/h2,4,8,11-12,22H,3,5-7,9-10H2,1H3. The first-order valence-electron chi connectivity index (χ1n) is 8.40. The first kappa shape index (κ1) is 14.9. The van der Waals surface area contributed by atoms with Crippen molar-refractivity contribution in [2.75, 3.05) is 13.1 Å². The average Bonchev–Trinajstić information content (AvgIpc) is 2.73. The molecule has 0 spiro atoms. The van der Waals surface area contributed by atoms with Crippen molar-refractivity contribution in [1.29, 1.82) is 0 Å². The van der Waals surface area contributed by atoms with Crippen molar-refractivity contribution in [2.45, 2.75) is 32.6 Å². The minimum absolute atomic E-state index is 0.853. The number of halogens is 1. The van der Waals surface area contributed by atoms with E-state index in [0.717, 1.165) is 49.5 Å². The fourth-order valence-electron chi connectivity index (χ4n) is 3.82. The van der Waals surface area contributed by atoms with Crippen molar-refractivity contribution in [3.8, 4) is 0 Å². The van der Waals surface area contributed by atoms with Gasteiger partial charge in [0.2, 0.25) is 0 Å². The van der Waals surface area contributed by atoms with Crippen LogP contribution in [0.4, 0.5) is 0 Å². The van der Waals surface area contributed by atoms with Gasteiger partial charge in [0.05, 0.1) is 5.69 Å². The van der Waals surface area contributed by atoms with Crippen molar-refractivity contribution in [2.24, 2.45) is 0 Å². The molecule has 1 fully saturated rings. The maximum Gasteiger partial charge on any atom is 0.0754 e. The molecular weight excluding hydrogens is 304 g/mol. The Balaban J connectivity index is 2.00. The van der Waals surface area contributed by atoms with Gasteiger partial charge in [-0.15, -0.1) is 0 Å². The molecule has 3 heteroatoms. The Hall–Kier alpha value is -1.64. The smallest absolute Gasteiger partial charge is 0.0754 e. The van der Waals surface area contributed by atoms with Crippen molar-refractivity contribution in [3.63, 3.8) is 0 Å². The Bertz CT molecular complexity index is 784. The molecule has 4 rings (SSSR count). The van der Waals surface area contributed by atoms with Gasteiger partial charge in [-0.2, -0.15) is 0 Å². The number of aromatic nitrogens is 1. The number of benzene rings is 1. The molecule has 0 radical (unpaired) electrons. The number of hydrogen-bond donors (Lipinski definition) is 1. The Morgan fingerprint density at radius 3 is 2.70 bits per heavy atom. The van der Waals surface area contributed by atoms with E-state index in [0.29, 0.717) is 0 Å². The van der Waals surface area contributed by atoms with Gasteiger partial charge in [-0.1, -0.05) is 40.9 Å². The topological polar surface area (TPSA) is 24.9 Å². The van der Waals surface area contributed by atoms with E-state index in [1.807, 2.05) is 12.3 Å². The third-order valence-corrected chi connectivity index (χ3v) is 5.32. The van der Waals surface area contributed by atoms with Crippen molar-refractivity contribution < 1.29 is 0 Å². The van der Waals surface area contributed by atoms with Gasteiger partial charge in [-0.3, -0.25) is 4.98 Å². The molecule has 0 atom stereocenters. The summed E-state index contributed by atoms with van der Waals surface area (Å²) in [7, 11) is 0. The Morgan fingerprint density at radius 1 is 1.04 bits per heavy atom. The number of nitrogens with one attached hydrogen (secondary N) is 1. The molecule has 2 heterocycles. The highest BCUT2D eigenvalue weighted by atomic mass is 35.5. The lowest BCUT2D eigenvalue weighted by Gasteiger charge is -2.22. The normalized spacial score (nSPS) is 17.5. The summed E-state index contributed by atoms with van der Waals surface area (Å²) < 4.78 is 0. The zero-order valence-corrected chi connectivity index (χ0v) is 14.2. The number of hydrogen-bond acceptors (Lipinski definition) is 2. The molecule has 23 heavy (non-hydrogen) atoms. The first-order chi connectivity index (χ1) is 11.2. The van der Waals surface area contributed by atoms with Crippen molar-refractivity contribution >= 4 is 17.2 Å². The SMILES string of the molecule is Cc1ccc2c(c1)CCc1c(Cl)ccnc1C2=C1CCNCC1. The molecule has 0 unspecified atom stereocenters. The van der Waals surface area contributed by atoms with Crippen molar-refractivity contribution in [1.82, 2.24) is 10.3 Å². The molecule has 2 aliphatic rings. The molecular formula is C20H21ClN2. The quantitative estimate of drug-likeness (QED) is 0.780. The number of rotatable bonds is 0. The summed E-state index contributed by atoms with van der Waals surface area (Å²) in [5, 5.41) is 4.31. The zero-order chi connectivity index (χ0) is 15.8. The zero-order valence-electron chi connectivity index (χ0n) is 13.5. The second-order valence-electron chi connectivity index (χ2n) is 6.51. The summed E-state index contributed by atoms with van der Waals surface area (Å²) in [4.78, 5) is 4.76. The largest absolute Gasteiger partial charge is 0.316 e. The maximum atomic E-state index is 6.52. The van der Waals surface area contributed by atoms with E-state index in [2.05, 4.69) is 30.4 Å². The highest BCUT2D eigenvalue weighted by Gasteiger charge is 2.24. The lowest BCUT2D eigenvalue weighted by Crippen LogP contribution is -2.24. The molecule has 1 N–H and O–H groups in total. The fraction of sp³-hybridized carbons (Fsp3) is 0.350. The first-order valence-corrected chi connectivity index (χ1v) is 8.78. The number of pyridine rings is 1. The highest BCUT2D eigenvalue weighted by molar-refractivity contribution is 6.31. The summed E-state index contributed by atoms with van der Waals surface area (Å²) in [6.07, 6.45) is 6.03. The van der Waals surface area contributed by atoms with E-state index in [4.69, 9.17) is 16.6 Å². The van der Waals surface area contributed by atoms with Gasteiger partial charge in [0, 0.05) is 16.8 Å². The van der Waals surface area contributed by atoms with Gasteiger partial charge < -0.3 is 5.32 Å². The minimum Gasteiger partial charge on any atom is -0.316 e. The van der Waals surface area contributed by atoms with Crippen LogP contribution in [0.2, 0.25) is 5.02 Å². The summed E-state index contributed by atoms with van der Waals surface area (Å²) >= 11 is 6.52. The van der Waals surface area contributed by atoms with Gasteiger partial charge in [-0.05, 0) is 68.5 Å². The molecule has 1 saturated heterocycles. The van der Waals surface area contributed by atoms with E-state index in [1.165, 1.54) is 33.4 Å². The minimum atomic E-state index is 0.853. The van der Waals surface area contributed by atoms with Crippen LogP contribution in [-0.4, -0.2) is 18.1 Å². The van der Waals surface area contributed by atoms with E-state index >= 15 is 0 Å². The number of fused-ring (bicyclic) bond motifs is 2. The summed E-state index contributed by atoms with van der Waals surface area (Å²) in [6.45, 7) is 4.27. The van der Waals surface area contributed by atoms with Gasteiger partial charge in [-0.25, -0.2) is 0 Å². The molecule has 0 amide bonds. The third-order valence-electron chi connectivity index (χ3n) is 4.97. The molecule has 1 aromatic heterocycles. The van der Waals surface area contributed by atoms with Crippen LogP contribution in [-0.2, 0) is 12.8 Å². The Labute approximate surface area is 142 Å². The molecule has 2 nitrogen and oxygen atoms in total. The van der Waals surface area contributed by atoms with Crippen LogP contribution in [0.15, 0.2) is 36.0 Å². The van der Waals surface area contributed by atoms with Gasteiger partial charge >= 0.3 is 0 Å². The van der Waals surface area contributed by atoms with E-state index in [-0.39, 0.29) is 0 Å². The molecule has 1 aromatic carbocycles. The number of nitrogens with zero attached hydrogens (tertiary/aromatic N) is 1. The van der Waals surface area contributed by atoms with Gasteiger partial charge in [0.15, 0.2) is 0 Å². The molecule has 118 valence electrons. The second-order valence-corrected chi connectivity index (χ2v) is 6.92. The van der Waals surface area contributed by atoms with Gasteiger partial charge in [0.1, 0.15) is 0 Å². The van der Waals surface area contributed by atoms with Gasteiger partial charge in [0.25, 0.3) is 0 Å². The van der Waals surface area contributed by atoms with Crippen LogP contribution in [0.1, 0.15) is 40.8 Å². The molecule has 0 saturated carbocycles. The average molecular weight is 325 g/mol. The van der Waals surface area contributed by atoms with E-state index < -0.39 is 0 Å². The molecule has 2 aromatic rings. The predicted octanol–water partition coefficient (Wildman–Crippen LogP) is 4.33. The molecule has 0 bridgehead atoms. The predicted molar refractivity (Wildman–Crippen MR) is 96.0 cm³/mol. The Kier molecular flexibility index (Phi) is 3.96. The number of aryl methyl sites for hydroxylation is 2. The monoisotopic (exact) mass is 324 g/mol. The van der Waals surface area contributed by atoms with Crippen molar-refractivity contribution in [3.05, 3.63) is 69.0 Å². The van der Waals surface area contributed by atoms with Crippen LogP contribution in [0.3, 0.4) is 0 Å². The van der Waals surface area contributed by atoms with E-state index in [1.54, 1.807) is 0 Å². The fourth-order valence-corrected chi connectivity index (χ4v) is 4.06. The van der Waals surface area contributed by atoms with Crippen LogP contribution < -0.4 is 5.32 Å².